The van der Waals surface area contributed by atoms with Crippen molar-refractivity contribution in [3.63, 3.8) is 0 Å². The van der Waals surface area contributed by atoms with Crippen LogP contribution in [0.15, 0.2) is 36.9 Å². The van der Waals surface area contributed by atoms with E-state index in [0.29, 0.717) is 0 Å². The zero-order valence-electron chi connectivity index (χ0n) is 10.7. The third kappa shape index (κ3) is 1.39. The van der Waals surface area contributed by atoms with Crippen molar-refractivity contribution in [3.8, 4) is 6.07 Å². The minimum atomic E-state index is -0.847. The van der Waals surface area contributed by atoms with Crippen molar-refractivity contribution in [3.05, 3.63) is 42.5 Å². The highest BCUT2D eigenvalue weighted by molar-refractivity contribution is 6.07. The standard InChI is InChI=1S/C15H16N2O/c1-4-14(2,3)15(9-10-16)11-7-5-6-8-12(11)17-13(15)18/h4-8H,1,9H2,2-3H3,(H,17,18)/t15-/m1/s1. The van der Waals surface area contributed by atoms with Gasteiger partial charge in [-0.25, -0.2) is 0 Å². The Morgan fingerprint density at radius 3 is 2.78 bits per heavy atom. The van der Waals surface area contributed by atoms with Crippen LogP contribution in [0.1, 0.15) is 25.8 Å². The molecule has 92 valence electrons. The molecule has 0 unspecified atom stereocenters. The average Bonchev–Trinajstić information content (AvgIpc) is 2.64. The third-order valence-corrected chi connectivity index (χ3v) is 3.98. The topological polar surface area (TPSA) is 52.9 Å². The number of carbonyl (C=O) groups excluding carboxylic acids is 1. The first-order valence-corrected chi connectivity index (χ1v) is 5.91. The van der Waals surface area contributed by atoms with Crippen LogP contribution in [0.5, 0.6) is 0 Å². The molecule has 1 atom stereocenters. The van der Waals surface area contributed by atoms with Crippen molar-refractivity contribution in [2.45, 2.75) is 25.7 Å². The van der Waals surface area contributed by atoms with Gasteiger partial charge in [0.25, 0.3) is 0 Å². The quantitative estimate of drug-likeness (QED) is 0.826. The van der Waals surface area contributed by atoms with Gasteiger partial charge in [-0.05, 0) is 11.6 Å². The molecule has 18 heavy (non-hydrogen) atoms. The minimum Gasteiger partial charge on any atom is -0.325 e. The molecule has 1 aromatic carbocycles. The second kappa shape index (κ2) is 3.99. The Kier molecular flexibility index (Phi) is 2.74. The second-order valence-corrected chi connectivity index (χ2v) is 5.17. The number of anilines is 1. The molecule has 0 aromatic heterocycles. The maximum atomic E-state index is 12.4. The van der Waals surface area contributed by atoms with Gasteiger partial charge in [0.05, 0.1) is 17.9 Å². The smallest absolute Gasteiger partial charge is 0.237 e. The number of benzene rings is 1. The minimum absolute atomic E-state index is 0.116. The van der Waals surface area contributed by atoms with E-state index in [2.05, 4.69) is 18.0 Å². The number of allylic oxidation sites excluding steroid dienone is 1. The van der Waals surface area contributed by atoms with Crippen molar-refractivity contribution >= 4 is 11.6 Å². The van der Waals surface area contributed by atoms with E-state index < -0.39 is 10.8 Å². The molecule has 0 saturated heterocycles. The largest absolute Gasteiger partial charge is 0.325 e. The molecule has 3 heteroatoms. The molecule has 2 rings (SSSR count). The number of amides is 1. The highest BCUT2D eigenvalue weighted by Crippen LogP contribution is 2.51. The lowest BCUT2D eigenvalue weighted by Crippen LogP contribution is -2.46. The van der Waals surface area contributed by atoms with E-state index in [1.54, 1.807) is 6.08 Å². The average molecular weight is 240 g/mol. The van der Waals surface area contributed by atoms with E-state index in [9.17, 15) is 4.79 Å². The lowest BCUT2D eigenvalue weighted by atomic mass is 9.61. The summed E-state index contributed by atoms with van der Waals surface area (Å²) in [6.45, 7) is 7.71. The molecule has 1 aliphatic heterocycles. The summed E-state index contributed by atoms with van der Waals surface area (Å²) < 4.78 is 0. The number of rotatable bonds is 3. The first kappa shape index (κ1) is 12.4. The Hall–Kier alpha value is -2.08. The maximum Gasteiger partial charge on any atom is 0.237 e. The van der Waals surface area contributed by atoms with Crippen LogP contribution >= 0.6 is 0 Å². The number of para-hydroxylation sites is 1. The number of hydrogen-bond donors (Lipinski definition) is 1. The zero-order chi connectivity index (χ0) is 13.4. The Morgan fingerprint density at radius 1 is 1.50 bits per heavy atom. The van der Waals surface area contributed by atoms with E-state index in [-0.39, 0.29) is 12.3 Å². The van der Waals surface area contributed by atoms with Crippen molar-refractivity contribution in [2.75, 3.05) is 5.32 Å². The molecule has 0 fully saturated rings. The molecule has 1 aliphatic rings. The molecule has 0 aliphatic carbocycles. The fourth-order valence-electron chi connectivity index (χ4n) is 2.65. The van der Waals surface area contributed by atoms with Crippen molar-refractivity contribution in [1.29, 1.82) is 5.26 Å². The second-order valence-electron chi connectivity index (χ2n) is 5.17. The van der Waals surface area contributed by atoms with Gasteiger partial charge in [0.1, 0.15) is 0 Å². The molecule has 1 aromatic rings. The Labute approximate surface area is 107 Å². The zero-order valence-corrected chi connectivity index (χ0v) is 10.7. The lowest BCUT2D eigenvalue weighted by molar-refractivity contribution is -0.123. The van der Waals surface area contributed by atoms with Crippen LogP contribution in [0, 0.1) is 16.7 Å². The molecular formula is C15H16N2O. The van der Waals surface area contributed by atoms with Crippen molar-refractivity contribution in [1.82, 2.24) is 0 Å². The number of nitrogens with one attached hydrogen (secondary N) is 1. The van der Waals surface area contributed by atoms with E-state index >= 15 is 0 Å². The van der Waals surface area contributed by atoms with Gasteiger partial charge in [-0.3, -0.25) is 4.79 Å². The monoisotopic (exact) mass is 240 g/mol. The van der Waals surface area contributed by atoms with Gasteiger partial charge in [0, 0.05) is 11.1 Å². The van der Waals surface area contributed by atoms with Crippen LogP contribution in [-0.2, 0) is 10.2 Å². The normalized spacial score (nSPS) is 21.9. The maximum absolute atomic E-state index is 12.4. The summed E-state index contributed by atoms with van der Waals surface area (Å²) in [5, 5.41) is 12.0. The summed E-state index contributed by atoms with van der Waals surface area (Å²) in [4.78, 5) is 12.4. The summed E-state index contributed by atoms with van der Waals surface area (Å²) in [5.41, 5.74) is 0.355. The molecule has 0 spiro atoms. The fraction of sp³-hybridized carbons (Fsp3) is 0.333. The number of nitriles is 1. The van der Waals surface area contributed by atoms with E-state index in [4.69, 9.17) is 5.26 Å². The molecule has 0 bridgehead atoms. The number of carbonyl (C=O) groups is 1. The van der Waals surface area contributed by atoms with Crippen LogP contribution in [-0.4, -0.2) is 5.91 Å². The summed E-state index contributed by atoms with van der Waals surface area (Å²) in [6.07, 6.45) is 1.90. The van der Waals surface area contributed by atoms with Gasteiger partial charge in [-0.1, -0.05) is 38.1 Å². The van der Waals surface area contributed by atoms with Crippen LogP contribution < -0.4 is 5.32 Å². The highest BCUT2D eigenvalue weighted by atomic mass is 16.2. The first-order chi connectivity index (χ1) is 8.49. The third-order valence-electron chi connectivity index (χ3n) is 3.98. The molecule has 3 nitrogen and oxygen atoms in total. The van der Waals surface area contributed by atoms with Gasteiger partial charge in [-0.15, -0.1) is 6.58 Å². The Morgan fingerprint density at radius 2 is 2.17 bits per heavy atom. The van der Waals surface area contributed by atoms with E-state index in [0.717, 1.165) is 11.3 Å². The predicted octanol–water partition coefficient (Wildman–Crippen LogP) is 3.00. The molecule has 1 N–H and O–H groups in total. The number of nitrogens with zero attached hydrogens (tertiary/aromatic N) is 1. The predicted molar refractivity (Wildman–Crippen MR) is 71.0 cm³/mol. The van der Waals surface area contributed by atoms with Crippen LogP contribution in [0.2, 0.25) is 0 Å². The fourth-order valence-corrected chi connectivity index (χ4v) is 2.65. The van der Waals surface area contributed by atoms with Gasteiger partial charge >= 0.3 is 0 Å². The lowest BCUT2D eigenvalue weighted by Gasteiger charge is -2.39. The van der Waals surface area contributed by atoms with Gasteiger partial charge < -0.3 is 5.32 Å². The van der Waals surface area contributed by atoms with Crippen LogP contribution in [0.25, 0.3) is 0 Å². The first-order valence-electron chi connectivity index (χ1n) is 5.91. The molecule has 1 heterocycles. The molecule has 1 amide bonds. The summed E-state index contributed by atoms with van der Waals surface area (Å²) in [7, 11) is 0. The van der Waals surface area contributed by atoms with Gasteiger partial charge in [0.2, 0.25) is 5.91 Å². The summed E-state index contributed by atoms with van der Waals surface area (Å²) in [6, 6.07) is 9.70. The van der Waals surface area contributed by atoms with Crippen LogP contribution in [0.4, 0.5) is 5.69 Å². The van der Waals surface area contributed by atoms with E-state index in [1.807, 2.05) is 38.1 Å². The summed E-state index contributed by atoms with van der Waals surface area (Å²) >= 11 is 0. The molecular weight excluding hydrogens is 224 g/mol. The highest BCUT2D eigenvalue weighted by Gasteiger charge is 2.55. The van der Waals surface area contributed by atoms with Crippen molar-refractivity contribution < 1.29 is 4.79 Å². The van der Waals surface area contributed by atoms with Crippen molar-refractivity contribution in [2.24, 2.45) is 5.41 Å². The van der Waals surface area contributed by atoms with Crippen LogP contribution in [0.3, 0.4) is 0 Å². The van der Waals surface area contributed by atoms with Gasteiger partial charge in [-0.2, -0.15) is 5.26 Å². The molecule has 0 saturated carbocycles. The number of hydrogen-bond acceptors (Lipinski definition) is 2. The van der Waals surface area contributed by atoms with E-state index in [1.165, 1.54) is 0 Å². The molecule has 0 radical (unpaired) electrons. The Bertz CT molecular complexity index is 554. The number of fused-ring (bicyclic) bond motifs is 1. The Balaban J connectivity index is 2.73. The summed E-state index contributed by atoms with van der Waals surface area (Å²) in [5.74, 6) is -0.116. The SMILES string of the molecule is C=CC(C)(C)[C@@]1(CC#N)C(=O)Nc2ccccc21. The van der Waals surface area contributed by atoms with Gasteiger partial charge in [0.15, 0.2) is 0 Å².